The molecule has 0 saturated carbocycles. The molecular weight excluding hydrogens is 390 g/mol. The maximum atomic E-state index is 12.5. The number of likely N-dealkylation sites (tertiary alicyclic amines) is 1. The smallest absolute Gasteiger partial charge is 0.410 e. The van der Waals surface area contributed by atoms with Gasteiger partial charge in [0.05, 0.1) is 11.4 Å². The number of pyridine rings is 1. The second kappa shape index (κ2) is 8.71. The average molecular weight is 418 g/mol. The number of carbonyl (C=O) groups is 1. The molecule has 1 aromatic carbocycles. The molecule has 1 N–H and O–H groups in total. The highest BCUT2D eigenvalue weighted by molar-refractivity contribution is 5.69. The largest absolute Gasteiger partial charge is 0.444 e. The molecule has 0 spiro atoms. The molecule has 31 heavy (non-hydrogen) atoms. The molecule has 4 rings (SSSR count). The predicted octanol–water partition coefficient (Wildman–Crippen LogP) is 5.01. The van der Waals surface area contributed by atoms with Gasteiger partial charge in [-0.05, 0) is 51.5 Å². The van der Waals surface area contributed by atoms with Crippen molar-refractivity contribution in [2.45, 2.75) is 38.7 Å². The van der Waals surface area contributed by atoms with Gasteiger partial charge in [0.1, 0.15) is 17.2 Å². The van der Waals surface area contributed by atoms with Crippen LogP contribution in [0.3, 0.4) is 0 Å². The summed E-state index contributed by atoms with van der Waals surface area (Å²) in [5, 5.41) is 3.36. The van der Waals surface area contributed by atoms with Crippen molar-refractivity contribution < 1.29 is 9.53 Å². The first-order valence-corrected chi connectivity index (χ1v) is 10.5. The third kappa shape index (κ3) is 5.36. The van der Waals surface area contributed by atoms with Gasteiger partial charge in [-0.1, -0.05) is 24.3 Å². The number of carbonyl (C=O) groups excluding carboxylic acids is 1. The molecule has 1 aliphatic rings. The summed E-state index contributed by atoms with van der Waals surface area (Å²) in [6, 6.07) is 17.5. The highest BCUT2D eigenvalue weighted by atomic mass is 16.6. The van der Waals surface area contributed by atoms with E-state index in [1.54, 1.807) is 11.1 Å². The molecule has 3 aromatic rings. The van der Waals surface area contributed by atoms with Crippen LogP contribution in [0.15, 0.2) is 60.8 Å². The van der Waals surface area contributed by atoms with Crippen molar-refractivity contribution in [3.63, 3.8) is 0 Å². The van der Waals surface area contributed by atoms with Crippen LogP contribution < -0.4 is 5.32 Å². The molecule has 1 saturated heterocycles. The SMILES string of the molecule is CC(C)(C)OC(=O)N1CC[C@H](c2nc(Nc3ccccc3)cc(-c3ccccn3)n2)C1. The summed E-state index contributed by atoms with van der Waals surface area (Å²) in [6.45, 7) is 6.78. The predicted molar refractivity (Wildman–Crippen MR) is 120 cm³/mol. The van der Waals surface area contributed by atoms with Crippen LogP contribution in [0.5, 0.6) is 0 Å². The van der Waals surface area contributed by atoms with Crippen molar-refractivity contribution in [2.24, 2.45) is 0 Å². The summed E-state index contributed by atoms with van der Waals surface area (Å²) < 4.78 is 5.53. The molecule has 3 heterocycles. The Morgan fingerprint density at radius 2 is 1.84 bits per heavy atom. The molecule has 0 aliphatic carbocycles. The number of para-hydroxylation sites is 1. The minimum atomic E-state index is -0.517. The summed E-state index contributed by atoms with van der Waals surface area (Å²) >= 11 is 0. The van der Waals surface area contributed by atoms with E-state index in [-0.39, 0.29) is 12.0 Å². The van der Waals surface area contributed by atoms with E-state index in [0.717, 1.165) is 23.5 Å². The first-order chi connectivity index (χ1) is 14.9. The fourth-order valence-corrected chi connectivity index (χ4v) is 3.49. The monoisotopic (exact) mass is 417 g/mol. The van der Waals surface area contributed by atoms with Gasteiger partial charge in [-0.25, -0.2) is 14.8 Å². The third-order valence-electron chi connectivity index (χ3n) is 4.92. The minimum absolute atomic E-state index is 0.0347. The summed E-state index contributed by atoms with van der Waals surface area (Å²) in [4.78, 5) is 28.2. The molecule has 7 nitrogen and oxygen atoms in total. The maximum Gasteiger partial charge on any atom is 0.410 e. The molecule has 1 amide bonds. The second-order valence-corrected chi connectivity index (χ2v) is 8.61. The first-order valence-electron chi connectivity index (χ1n) is 10.5. The Morgan fingerprint density at radius 3 is 2.55 bits per heavy atom. The Labute approximate surface area is 182 Å². The lowest BCUT2D eigenvalue weighted by molar-refractivity contribution is 0.0292. The standard InChI is InChI=1S/C24H27N5O2/c1-24(2,3)31-23(30)29-14-12-17(16-29)22-27-20(19-11-7-8-13-25-19)15-21(28-22)26-18-9-5-4-6-10-18/h4-11,13,15,17H,12,14,16H2,1-3H3,(H,26,27,28)/t17-/m0/s1. The van der Waals surface area contributed by atoms with E-state index < -0.39 is 5.60 Å². The molecule has 160 valence electrons. The van der Waals surface area contributed by atoms with Gasteiger partial charge in [0.25, 0.3) is 0 Å². The lowest BCUT2D eigenvalue weighted by Crippen LogP contribution is -2.35. The summed E-state index contributed by atoms with van der Waals surface area (Å²) in [5.74, 6) is 1.44. The van der Waals surface area contributed by atoms with Crippen LogP contribution in [0.4, 0.5) is 16.3 Å². The van der Waals surface area contributed by atoms with Gasteiger partial charge in [-0.2, -0.15) is 0 Å². The zero-order valence-electron chi connectivity index (χ0n) is 18.1. The van der Waals surface area contributed by atoms with E-state index in [9.17, 15) is 4.79 Å². The van der Waals surface area contributed by atoms with Crippen LogP contribution in [0.2, 0.25) is 0 Å². The van der Waals surface area contributed by atoms with E-state index in [1.807, 2.05) is 75.4 Å². The number of nitrogens with one attached hydrogen (secondary N) is 1. The quantitative estimate of drug-likeness (QED) is 0.643. The summed E-state index contributed by atoms with van der Waals surface area (Å²) in [6.07, 6.45) is 2.25. The molecule has 0 unspecified atom stereocenters. The van der Waals surface area contributed by atoms with Crippen LogP contribution in [0.1, 0.15) is 38.9 Å². The molecule has 1 atom stereocenters. The highest BCUT2D eigenvalue weighted by Gasteiger charge is 2.32. The molecule has 7 heteroatoms. The molecule has 0 radical (unpaired) electrons. The van der Waals surface area contributed by atoms with Crippen LogP contribution in [0.25, 0.3) is 11.4 Å². The van der Waals surface area contributed by atoms with Crippen molar-refractivity contribution in [1.29, 1.82) is 0 Å². The average Bonchev–Trinajstić information content (AvgIpc) is 3.24. The van der Waals surface area contributed by atoms with E-state index in [2.05, 4.69) is 10.3 Å². The number of rotatable bonds is 4. The van der Waals surface area contributed by atoms with Gasteiger partial charge in [0, 0.05) is 37.0 Å². The Morgan fingerprint density at radius 1 is 1.06 bits per heavy atom. The summed E-state index contributed by atoms with van der Waals surface area (Å²) in [7, 11) is 0. The maximum absolute atomic E-state index is 12.5. The van der Waals surface area contributed by atoms with Gasteiger partial charge >= 0.3 is 6.09 Å². The van der Waals surface area contributed by atoms with Crippen molar-refractivity contribution in [3.05, 3.63) is 66.6 Å². The number of hydrogen-bond donors (Lipinski definition) is 1. The van der Waals surface area contributed by atoms with Crippen molar-refractivity contribution in [2.75, 3.05) is 18.4 Å². The number of nitrogens with zero attached hydrogens (tertiary/aromatic N) is 4. The Hall–Kier alpha value is -3.48. The van der Waals surface area contributed by atoms with E-state index in [4.69, 9.17) is 14.7 Å². The van der Waals surface area contributed by atoms with Crippen LogP contribution in [-0.2, 0) is 4.74 Å². The molecule has 1 fully saturated rings. The van der Waals surface area contributed by atoms with Crippen molar-refractivity contribution >= 4 is 17.6 Å². The fraction of sp³-hybridized carbons (Fsp3) is 0.333. The first kappa shape index (κ1) is 20.8. The molecular formula is C24H27N5O2. The Balaban J connectivity index is 1.61. The number of hydrogen-bond acceptors (Lipinski definition) is 6. The number of anilines is 2. The number of ether oxygens (including phenoxy) is 1. The molecule has 2 aromatic heterocycles. The lowest BCUT2D eigenvalue weighted by atomic mass is 10.1. The lowest BCUT2D eigenvalue weighted by Gasteiger charge is -2.24. The highest BCUT2D eigenvalue weighted by Crippen LogP contribution is 2.29. The Kier molecular flexibility index (Phi) is 5.84. The van der Waals surface area contributed by atoms with E-state index in [0.29, 0.717) is 24.7 Å². The summed E-state index contributed by atoms with van der Waals surface area (Å²) in [5.41, 5.74) is 1.96. The molecule has 0 bridgehead atoms. The van der Waals surface area contributed by atoms with Crippen LogP contribution in [-0.4, -0.2) is 44.6 Å². The third-order valence-corrected chi connectivity index (χ3v) is 4.92. The fourth-order valence-electron chi connectivity index (χ4n) is 3.49. The Bertz CT molecular complexity index is 1030. The van der Waals surface area contributed by atoms with E-state index >= 15 is 0 Å². The van der Waals surface area contributed by atoms with Crippen molar-refractivity contribution in [1.82, 2.24) is 19.9 Å². The van der Waals surface area contributed by atoms with Gasteiger partial charge in [0.2, 0.25) is 0 Å². The molecule has 1 aliphatic heterocycles. The normalized spacial score (nSPS) is 16.2. The second-order valence-electron chi connectivity index (χ2n) is 8.61. The van der Waals surface area contributed by atoms with Crippen LogP contribution >= 0.6 is 0 Å². The zero-order chi connectivity index (χ0) is 21.8. The number of benzene rings is 1. The van der Waals surface area contributed by atoms with Gasteiger partial charge in [-0.3, -0.25) is 4.98 Å². The van der Waals surface area contributed by atoms with Crippen molar-refractivity contribution in [3.8, 4) is 11.4 Å². The zero-order valence-corrected chi connectivity index (χ0v) is 18.1. The van der Waals surface area contributed by atoms with Gasteiger partial charge in [-0.15, -0.1) is 0 Å². The van der Waals surface area contributed by atoms with Gasteiger partial charge in [0.15, 0.2) is 0 Å². The topological polar surface area (TPSA) is 80.2 Å². The number of aromatic nitrogens is 3. The minimum Gasteiger partial charge on any atom is -0.444 e. The van der Waals surface area contributed by atoms with Crippen LogP contribution in [0, 0.1) is 0 Å². The number of amides is 1. The van der Waals surface area contributed by atoms with Gasteiger partial charge < -0.3 is 15.0 Å². The van der Waals surface area contributed by atoms with E-state index in [1.165, 1.54) is 0 Å².